The number of ether oxygens (including phenoxy) is 2. The van der Waals surface area contributed by atoms with Crippen molar-refractivity contribution < 1.29 is 19.1 Å². The molecule has 2 amide bonds. The highest BCUT2D eigenvalue weighted by molar-refractivity contribution is 6.22. The lowest BCUT2D eigenvalue weighted by atomic mass is 10.1. The number of nitrogens with zero attached hydrogens (tertiary/aromatic N) is 2. The van der Waals surface area contributed by atoms with Gasteiger partial charge in [-0.05, 0) is 36.5 Å². The normalized spacial score (nSPS) is 22.7. The molecule has 1 saturated carbocycles. The second-order valence-electron chi connectivity index (χ2n) is 8.34. The van der Waals surface area contributed by atoms with Gasteiger partial charge in [0.25, 0.3) is 5.91 Å². The van der Waals surface area contributed by atoms with Crippen LogP contribution in [-0.2, 0) is 20.8 Å². The fourth-order valence-electron chi connectivity index (χ4n) is 4.24. The minimum atomic E-state index is -0.415. The summed E-state index contributed by atoms with van der Waals surface area (Å²) in [5, 5.41) is 5.90. The van der Waals surface area contributed by atoms with Gasteiger partial charge < -0.3 is 29.9 Å². The van der Waals surface area contributed by atoms with Crippen molar-refractivity contribution in [2.75, 3.05) is 51.3 Å². The SMILES string of the molecule is COC(=O)NCCCN1CC(Cl)c2ccc(CN(C(=O)C3CNCCO3)C3CC3)cc21. The topological polar surface area (TPSA) is 83.1 Å². The van der Waals surface area contributed by atoms with Crippen LogP contribution in [0.15, 0.2) is 18.2 Å². The van der Waals surface area contributed by atoms with Crippen molar-refractivity contribution in [3.8, 4) is 0 Å². The lowest BCUT2D eigenvalue weighted by molar-refractivity contribution is -0.146. The number of alkyl halides is 1. The Morgan fingerprint density at radius 2 is 2.23 bits per heavy atom. The molecule has 2 heterocycles. The molecule has 1 aromatic carbocycles. The molecule has 2 N–H and O–H groups in total. The largest absolute Gasteiger partial charge is 0.453 e. The van der Waals surface area contributed by atoms with Crippen LogP contribution >= 0.6 is 11.6 Å². The van der Waals surface area contributed by atoms with Crippen LogP contribution in [0.2, 0.25) is 0 Å². The molecule has 1 aliphatic carbocycles. The number of carbonyl (C=O) groups is 2. The molecule has 9 heteroatoms. The van der Waals surface area contributed by atoms with Crippen LogP contribution in [0.4, 0.5) is 10.5 Å². The fourth-order valence-corrected chi connectivity index (χ4v) is 4.59. The predicted octanol–water partition coefficient (Wildman–Crippen LogP) is 2.01. The van der Waals surface area contributed by atoms with Crippen LogP contribution in [0.1, 0.15) is 35.8 Å². The highest BCUT2D eigenvalue weighted by Gasteiger charge is 2.37. The molecule has 2 aliphatic heterocycles. The smallest absolute Gasteiger partial charge is 0.406 e. The van der Waals surface area contributed by atoms with Gasteiger partial charge in [0.05, 0.1) is 19.1 Å². The second-order valence-corrected chi connectivity index (χ2v) is 8.87. The van der Waals surface area contributed by atoms with E-state index in [-0.39, 0.29) is 11.3 Å². The molecule has 170 valence electrons. The number of methoxy groups -OCH3 is 1. The zero-order chi connectivity index (χ0) is 21.8. The summed E-state index contributed by atoms with van der Waals surface area (Å²) in [5.41, 5.74) is 3.34. The molecule has 2 unspecified atom stereocenters. The highest BCUT2D eigenvalue weighted by Crippen LogP contribution is 2.40. The van der Waals surface area contributed by atoms with Gasteiger partial charge in [-0.3, -0.25) is 4.79 Å². The second kappa shape index (κ2) is 10.1. The van der Waals surface area contributed by atoms with Crippen LogP contribution in [0, 0.1) is 0 Å². The van der Waals surface area contributed by atoms with E-state index in [2.05, 4.69) is 38.5 Å². The van der Waals surface area contributed by atoms with E-state index in [0.29, 0.717) is 32.3 Å². The van der Waals surface area contributed by atoms with E-state index in [4.69, 9.17) is 16.3 Å². The zero-order valence-corrected chi connectivity index (χ0v) is 18.7. The summed E-state index contributed by atoms with van der Waals surface area (Å²) in [4.78, 5) is 28.5. The third kappa shape index (κ3) is 5.42. The summed E-state index contributed by atoms with van der Waals surface area (Å²) < 4.78 is 10.3. The average molecular weight is 451 g/mol. The summed E-state index contributed by atoms with van der Waals surface area (Å²) >= 11 is 6.57. The molecule has 2 fully saturated rings. The number of alkyl carbamates (subject to hydrolysis) is 1. The van der Waals surface area contributed by atoms with E-state index >= 15 is 0 Å². The maximum atomic E-state index is 13.1. The Morgan fingerprint density at radius 1 is 1.39 bits per heavy atom. The van der Waals surface area contributed by atoms with E-state index in [1.165, 1.54) is 7.11 Å². The fraction of sp³-hybridized carbons (Fsp3) is 0.636. The van der Waals surface area contributed by atoms with Crippen LogP contribution < -0.4 is 15.5 Å². The molecule has 0 bridgehead atoms. The van der Waals surface area contributed by atoms with E-state index in [9.17, 15) is 9.59 Å². The Morgan fingerprint density at radius 3 is 2.94 bits per heavy atom. The van der Waals surface area contributed by atoms with Crippen molar-refractivity contribution >= 4 is 29.3 Å². The summed E-state index contributed by atoms with van der Waals surface area (Å²) in [6.45, 7) is 4.61. The number of halogens is 1. The molecule has 2 atom stereocenters. The first-order valence-electron chi connectivity index (χ1n) is 11.0. The summed E-state index contributed by atoms with van der Waals surface area (Å²) in [6, 6.07) is 6.64. The average Bonchev–Trinajstić information content (AvgIpc) is 3.59. The van der Waals surface area contributed by atoms with Gasteiger partial charge in [-0.2, -0.15) is 0 Å². The van der Waals surface area contributed by atoms with Gasteiger partial charge in [-0.15, -0.1) is 11.6 Å². The minimum Gasteiger partial charge on any atom is -0.453 e. The minimum absolute atomic E-state index is 0.0551. The maximum Gasteiger partial charge on any atom is 0.406 e. The van der Waals surface area contributed by atoms with E-state index in [1.807, 2.05) is 4.90 Å². The van der Waals surface area contributed by atoms with Crippen LogP contribution in [-0.4, -0.2) is 75.5 Å². The Hall–Kier alpha value is -2.03. The number of rotatable bonds is 8. The molecule has 0 radical (unpaired) electrons. The number of anilines is 1. The number of hydrogen-bond donors (Lipinski definition) is 2. The lowest BCUT2D eigenvalue weighted by Gasteiger charge is -2.30. The van der Waals surface area contributed by atoms with Crippen molar-refractivity contribution in [1.29, 1.82) is 0 Å². The highest BCUT2D eigenvalue weighted by atomic mass is 35.5. The maximum absolute atomic E-state index is 13.1. The van der Waals surface area contributed by atoms with Gasteiger partial charge in [-0.25, -0.2) is 4.79 Å². The van der Waals surface area contributed by atoms with Gasteiger partial charge in [0.1, 0.15) is 6.10 Å². The van der Waals surface area contributed by atoms with E-state index in [0.717, 1.165) is 55.7 Å². The quantitative estimate of drug-likeness (QED) is 0.465. The van der Waals surface area contributed by atoms with Gasteiger partial charge >= 0.3 is 6.09 Å². The summed E-state index contributed by atoms with van der Waals surface area (Å²) in [6.07, 6.45) is 2.09. The number of nitrogens with one attached hydrogen (secondary N) is 2. The first kappa shape index (κ1) is 22.2. The molecule has 0 spiro atoms. The number of morpholine rings is 1. The molecule has 0 aromatic heterocycles. The van der Waals surface area contributed by atoms with Crippen molar-refractivity contribution in [3.63, 3.8) is 0 Å². The Labute approximate surface area is 188 Å². The number of carbonyl (C=O) groups excluding carboxylic acids is 2. The van der Waals surface area contributed by atoms with Gasteiger partial charge in [-0.1, -0.05) is 12.1 Å². The summed E-state index contributed by atoms with van der Waals surface area (Å²) in [5.74, 6) is 0.0798. The third-order valence-electron chi connectivity index (χ3n) is 6.04. The number of benzene rings is 1. The first-order chi connectivity index (χ1) is 15.1. The number of hydrogen-bond acceptors (Lipinski definition) is 6. The monoisotopic (exact) mass is 450 g/mol. The molecule has 3 aliphatic rings. The van der Waals surface area contributed by atoms with Gasteiger partial charge in [0, 0.05) is 51.0 Å². The van der Waals surface area contributed by atoms with Crippen LogP contribution in [0.5, 0.6) is 0 Å². The third-order valence-corrected chi connectivity index (χ3v) is 6.41. The molecular weight excluding hydrogens is 420 g/mol. The molecule has 4 rings (SSSR count). The van der Waals surface area contributed by atoms with E-state index < -0.39 is 12.2 Å². The van der Waals surface area contributed by atoms with Gasteiger partial charge in [0.15, 0.2) is 0 Å². The Kier molecular flexibility index (Phi) is 7.20. The Balaban J connectivity index is 1.41. The number of fused-ring (bicyclic) bond motifs is 1. The predicted molar refractivity (Wildman–Crippen MR) is 118 cm³/mol. The van der Waals surface area contributed by atoms with Crippen molar-refractivity contribution in [2.45, 2.75) is 43.3 Å². The molecule has 1 aromatic rings. The van der Waals surface area contributed by atoms with Crippen molar-refractivity contribution in [3.05, 3.63) is 29.3 Å². The Bertz CT molecular complexity index is 798. The number of amides is 2. The van der Waals surface area contributed by atoms with Crippen LogP contribution in [0.25, 0.3) is 0 Å². The van der Waals surface area contributed by atoms with E-state index in [1.54, 1.807) is 0 Å². The van der Waals surface area contributed by atoms with Crippen molar-refractivity contribution in [2.24, 2.45) is 0 Å². The molecular formula is C22H31ClN4O4. The first-order valence-corrected chi connectivity index (χ1v) is 11.5. The van der Waals surface area contributed by atoms with Crippen LogP contribution in [0.3, 0.4) is 0 Å². The summed E-state index contributed by atoms with van der Waals surface area (Å²) in [7, 11) is 1.36. The zero-order valence-electron chi connectivity index (χ0n) is 17.9. The standard InChI is InChI=1S/C22H31ClN4O4/c1-30-22(29)25-7-2-9-26-14-18(23)17-6-3-15(11-19(17)26)13-27(16-4-5-16)21(28)20-12-24-8-10-31-20/h3,6,11,16,18,20,24H,2,4-5,7-10,12-14H2,1H3,(H,25,29). The lowest BCUT2D eigenvalue weighted by Crippen LogP contribution is -2.49. The molecule has 8 nitrogen and oxygen atoms in total. The van der Waals surface area contributed by atoms with Gasteiger partial charge in [0.2, 0.25) is 0 Å². The van der Waals surface area contributed by atoms with Crippen molar-refractivity contribution in [1.82, 2.24) is 15.5 Å². The molecule has 31 heavy (non-hydrogen) atoms. The molecule has 1 saturated heterocycles.